The molecule has 2 heterocycles. The molecule has 36 heavy (non-hydrogen) atoms. The molecule has 192 valence electrons. The molecule has 1 fully saturated rings. The van der Waals surface area contributed by atoms with Crippen LogP contribution in [0.15, 0.2) is 46.0 Å². The van der Waals surface area contributed by atoms with Gasteiger partial charge in [-0.2, -0.15) is 0 Å². The van der Waals surface area contributed by atoms with Gasteiger partial charge in [-0.15, -0.1) is 0 Å². The number of benzene rings is 2. The highest BCUT2D eigenvalue weighted by molar-refractivity contribution is 7.92. The van der Waals surface area contributed by atoms with E-state index in [2.05, 4.69) is 10.5 Å². The molecular weight excluding hydrogens is 505 g/mol. The SMILES string of the molecule is C[S+]([O-])CCCN(c1cc2oc(-c3ccc(F)cc3)c(C3=NOCCN3)c2cc1C1CC1)S(C)(=O)=O. The highest BCUT2D eigenvalue weighted by Crippen LogP contribution is 2.48. The maximum Gasteiger partial charge on any atom is 0.232 e. The fraction of sp³-hybridized carbons (Fsp3) is 0.400. The van der Waals surface area contributed by atoms with Gasteiger partial charge < -0.3 is 19.1 Å². The van der Waals surface area contributed by atoms with E-state index in [-0.39, 0.29) is 18.3 Å². The van der Waals surface area contributed by atoms with Crippen molar-refractivity contribution in [3.05, 3.63) is 53.3 Å². The Bertz CT molecular complexity index is 1400. The highest BCUT2D eigenvalue weighted by Gasteiger charge is 2.33. The van der Waals surface area contributed by atoms with Crippen LogP contribution in [0.25, 0.3) is 22.3 Å². The van der Waals surface area contributed by atoms with Crippen molar-refractivity contribution in [1.82, 2.24) is 5.32 Å². The van der Waals surface area contributed by atoms with E-state index in [0.717, 1.165) is 23.8 Å². The third-order valence-corrected chi connectivity index (χ3v) is 8.34. The van der Waals surface area contributed by atoms with Gasteiger partial charge in [-0.25, -0.2) is 12.8 Å². The fourth-order valence-corrected chi connectivity index (χ4v) is 6.01. The lowest BCUT2D eigenvalue weighted by Crippen LogP contribution is -2.33. The van der Waals surface area contributed by atoms with Crippen LogP contribution in [0, 0.1) is 5.82 Å². The molecule has 1 N–H and O–H groups in total. The molecule has 1 aliphatic heterocycles. The fourth-order valence-electron chi connectivity index (χ4n) is 4.49. The maximum atomic E-state index is 13.6. The van der Waals surface area contributed by atoms with Gasteiger partial charge in [0, 0.05) is 30.0 Å². The van der Waals surface area contributed by atoms with Crippen molar-refractivity contribution in [1.29, 1.82) is 0 Å². The summed E-state index contributed by atoms with van der Waals surface area (Å²) in [6, 6.07) is 9.76. The molecule has 3 aromatic rings. The monoisotopic (exact) mass is 533 g/mol. The Kier molecular flexibility index (Phi) is 6.88. The van der Waals surface area contributed by atoms with Crippen LogP contribution >= 0.6 is 0 Å². The summed E-state index contributed by atoms with van der Waals surface area (Å²) in [4.78, 5) is 5.34. The molecule has 1 atom stereocenters. The predicted octanol–water partition coefficient (Wildman–Crippen LogP) is 3.93. The van der Waals surface area contributed by atoms with Gasteiger partial charge in [0.05, 0.1) is 30.3 Å². The van der Waals surface area contributed by atoms with Gasteiger partial charge in [-0.05, 0) is 54.7 Å². The first-order valence-corrected chi connectivity index (χ1v) is 15.4. The topological polar surface area (TPSA) is 107 Å². The Hall–Kier alpha value is -2.76. The number of fused-ring (bicyclic) bond motifs is 1. The van der Waals surface area contributed by atoms with Gasteiger partial charge in [0.2, 0.25) is 10.0 Å². The summed E-state index contributed by atoms with van der Waals surface area (Å²) in [5, 5.41) is 8.24. The van der Waals surface area contributed by atoms with Crippen LogP contribution in [-0.2, 0) is 26.0 Å². The number of nitrogens with one attached hydrogen (secondary N) is 1. The van der Waals surface area contributed by atoms with Crippen LogP contribution in [0.3, 0.4) is 0 Å². The summed E-state index contributed by atoms with van der Waals surface area (Å²) < 4.78 is 58.6. The van der Waals surface area contributed by atoms with Crippen molar-refractivity contribution in [3.63, 3.8) is 0 Å². The number of anilines is 1. The Morgan fingerprint density at radius 2 is 2.00 bits per heavy atom. The van der Waals surface area contributed by atoms with E-state index in [4.69, 9.17) is 9.25 Å². The lowest BCUT2D eigenvalue weighted by atomic mass is 10.00. The van der Waals surface area contributed by atoms with E-state index in [1.54, 1.807) is 24.5 Å². The normalized spacial score (nSPS) is 16.8. The molecule has 8 nitrogen and oxygen atoms in total. The molecule has 0 bridgehead atoms. The third-order valence-electron chi connectivity index (χ3n) is 6.30. The van der Waals surface area contributed by atoms with E-state index in [1.165, 1.54) is 22.7 Å². The number of halogens is 1. The number of hydrogen-bond acceptors (Lipinski definition) is 7. The number of furan rings is 1. The lowest BCUT2D eigenvalue weighted by Gasteiger charge is -2.25. The van der Waals surface area contributed by atoms with Gasteiger partial charge in [-0.3, -0.25) is 4.31 Å². The number of nitrogens with zero attached hydrogens (tertiary/aromatic N) is 2. The molecule has 1 aromatic heterocycles. The number of amidine groups is 1. The zero-order chi connectivity index (χ0) is 25.4. The number of hydrogen-bond donors (Lipinski definition) is 1. The van der Waals surface area contributed by atoms with Gasteiger partial charge in [0.25, 0.3) is 0 Å². The van der Waals surface area contributed by atoms with Crippen molar-refractivity contribution in [3.8, 4) is 11.3 Å². The van der Waals surface area contributed by atoms with E-state index >= 15 is 0 Å². The van der Waals surface area contributed by atoms with Crippen molar-refractivity contribution < 1.29 is 26.6 Å². The van der Waals surface area contributed by atoms with E-state index in [0.29, 0.717) is 59.3 Å². The summed E-state index contributed by atoms with van der Waals surface area (Å²) in [5.41, 5.74) is 3.35. The van der Waals surface area contributed by atoms with Crippen molar-refractivity contribution in [2.24, 2.45) is 5.16 Å². The van der Waals surface area contributed by atoms with E-state index < -0.39 is 21.2 Å². The highest BCUT2D eigenvalue weighted by atomic mass is 32.2. The minimum absolute atomic E-state index is 0.226. The average Bonchev–Trinajstić information content (AvgIpc) is 3.61. The summed E-state index contributed by atoms with van der Waals surface area (Å²) in [6.07, 6.45) is 5.21. The van der Waals surface area contributed by atoms with E-state index in [9.17, 15) is 17.4 Å². The first kappa shape index (κ1) is 24.9. The number of rotatable bonds is 9. The lowest BCUT2D eigenvalue weighted by molar-refractivity contribution is 0.136. The molecule has 2 aliphatic rings. The van der Waals surface area contributed by atoms with Crippen LogP contribution < -0.4 is 9.62 Å². The molecule has 0 amide bonds. The first-order chi connectivity index (χ1) is 17.2. The molecule has 0 radical (unpaired) electrons. The Morgan fingerprint density at radius 1 is 1.25 bits per heavy atom. The van der Waals surface area contributed by atoms with E-state index in [1.807, 2.05) is 6.07 Å². The summed E-state index contributed by atoms with van der Waals surface area (Å²) >= 11 is -1.01. The second-order valence-electron chi connectivity index (χ2n) is 9.16. The predicted molar refractivity (Wildman–Crippen MR) is 140 cm³/mol. The number of oxime groups is 1. The maximum absolute atomic E-state index is 13.6. The van der Waals surface area contributed by atoms with Crippen LogP contribution in [0.4, 0.5) is 10.1 Å². The minimum atomic E-state index is -3.60. The molecule has 11 heteroatoms. The molecule has 1 aliphatic carbocycles. The van der Waals surface area contributed by atoms with Crippen LogP contribution in [0.5, 0.6) is 0 Å². The van der Waals surface area contributed by atoms with Crippen molar-refractivity contribution >= 4 is 43.7 Å². The summed E-state index contributed by atoms with van der Waals surface area (Å²) in [6.45, 7) is 1.24. The Morgan fingerprint density at radius 3 is 2.61 bits per heavy atom. The van der Waals surface area contributed by atoms with Gasteiger partial charge in [0.15, 0.2) is 5.84 Å². The molecule has 5 rings (SSSR count). The Labute approximate surface area is 212 Å². The molecule has 2 aromatic carbocycles. The summed E-state index contributed by atoms with van der Waals surface area (Å²) in [5.74, 6) is 1.30. The largest absolute Gasteiger partial charge is 0.617 e. The second-order valence-corrected chi connectivity index (χ2v) is 12.6. The van der Waals surface area contributed by atoms with Crippen LogP contribution in [-0.4, -0.2) is 56.8 Å². The van der Waals surface area contributed by atoms with Crippen LogP contribution in [0.1, 0.15) is 36.3 Å². The zero-order valence-electron chi connectivity index (χ0n) is 20.1. The summed E-state index contributed by atoms with van der Waals surface area (Å²) in [7, 11) is -3.60. The third kappa shape index (κ3) is 5.18. The second kappa shape index (κ2) is 9.95. The molecular formula is C25H28FN3O5S2. The average molecular weight is 534 g/mol. The molecule has 0 saturated heterocycles. The standard InChI is InChI=1S/C25H28FN3O5S2/c1-35(30)13-3-11-29(36(2,31)32)21-15-22-20(14-19(21)16-4-5-16)23(25-27-10-12-33-28-25)24(34-22)17-6-8-18(26)9-7-17/h6-9,14-16H,3-5,10-13H2,1-2H3,(H,27,28). The molecule has 1 unspecified atom stereocenters. The van der Waals surface area contributed by atoms with Crippen LogP contribution in [0.2, 0.25) is 0 Å². The quantitative estimate of drug-likeness (QED) is 0.418. The van der Waals surface area contributed by atoms with Gasteiger partial charge in [-0.1, -0.05) is 16.3 Å². The van der Waals surface area contributed by atoms with Gasteiger partial charge >= 0.3 is 0 Å². The minimum Gasteiger partial charge on any atom is -0.617 e. The zero-order valence-corrected chi connectivity index (χ0v) is 21.8. The first-order valence-electron chi connectivity index (χ1n) is 11.8. The Balaban J connectivity index is 1.70. The smallest absolute Gasteiger partial charge is 0.232 e. The molecule has 0 spiro atoms. The molecule has 1 saturated carbocycles. The van der Waals surface area contributed by atoms with Crippen molar-refractivity contribution in [2.75, 3.05) is 42.3 Å². The van der Waals surface area contributed by atoms with Gasteiger partial charge in [0.1, 0.15) is 29.5 Å². The number of sulfonamides is 1. The van der Waals surface area contributed by atoms with Crippen molar-refractivity contribution in [2.45, 2.75) is 25.2 Å².